The van der Waals surface area contributed by atoms with E-state index in [0.717, 1.165) is 0 Å². The highest BCUT2D eigenvalue weighted by molar-refractivity contribution is 6.32. The minimum Gasteiger partial charge on any atom is -0.382 e. The van der Waals surface area contributed by atoms with Gasteiger partial charge in [0.25, 0.3) is 0 Å². The van der Waals surface area contributed by atoms with Crippen LogP contribution in [0.2, 0.25) is 10.0 Å². The van der Waals surface area contributed by atoms with Crippen LogP contribution in [0.5, 0.6) is 0 Å². The van der Waals surface area contributed by atoms with Gasteiger partial charge >= 0.3 is 0 Å². The molecule has 0 spiro atoms. The van der Waals surface area contributed by atoms with Crippen LogP contribution in [0, 0.1) is 5.82 Å². The van der Waals surface area contributed by atoms with Crippen molar-refractivity contribution in [2.75, 3.05) is 0 Å². The average molecular weight is 303 g/mol. The molecule has 1 N–H and O–H groups in total. The Labute approximate surface area is 120 Å². The van der Waals surface area contributed by atoms with E-state index in [1.807, 2.05) is 13.8 Å². The lowest BCUT2D eigenvalue weighted by Crippen LogP contribution is -2.14. The van der Waals surface area contributed by atoms with Crippen LogP contribution in [0.3, 0.4) is 0 Å². The summed E-state index contributed by atoms with van der Waals surface area (Å²) in [5.74, 6) is -0.576. The highest BCUT2D eigenvalue weighted by Crippen LogP contribution is 2.34. The maximum atomic E-state index is 13.8. The first-order valence-electron chi connectivity index (χ1n) is 5.78. The van der Waals surface area contributed by atoms with E-state index < -0.39 is 11.9 Å². The Morgan fingerprint density at radius 2 is 1.95 bits per heavy atom. The van der Waals surface area contributed by atoms with Gasteiger partial charge in [-0.15, -0.1) is 0 Å². The molecule has 102 valence electrons. The van der Waals surface area contributed by atoms with Crippen molar-refractivity contribution in [3.8, 4) is 0 Å². The summed E-state index contributed by atoms with van der Waals surface area (Å²) >= 11 is 12.0. The molecule has 0 aliphatic carbocycles. The van der Waals surface area contributed by atoms with Crippen LogP contribution in [-0.4, -0.2) is 14.9 Å². The van der Waals surface area contributed by atoms with E-state index in [1.54, 1.807) is 4.68 Å². The van der Waals surface area contributed by atoms with Gasteiger partial charge in [-0.1, -0.05) is 29.3 Å². The van der Waals surface area contributed by atoms with Crippen LogP contribution in [0.15, 0.2) is 24.4 Å². The van der Waals surface area contributed by atoms with Gasteiger partial charge in [0.1, 0.15) is 11.9 Å². The summed E-state index contributed by atoms with van der Waals surface area (Å²) in [5, 5.41) is 14.9. The van der Waals surface area contributed by atoms with Crippen molar-refractivity contribution in [3.63, 3.8) is 0 Å². The summed E-state index contributed by atoms with van der Waals surface area (Å²) in [6.07, 6.45) is 0.167. The first kappa shape index (κ1) is 14.3. The zero-order valence-corrected chi connectivity index (χ0v) is 12.0. The number of halogens is 3. The molecular formula is C13H13Cl2FN2O. The van der Waals surface area contributed by atoms with Crippen molar-refractivity contribution in [2.24, 2.45) is 0 Å². The second-order valence-electron chi connectivity index (χ2n) is 4.45. The molecule has 3 nitrogen and oxygen atoms in total. The summed E-state index contributed by atoms with van der Waals surface area (Å²) in [5.41, 5.74) is 0.345. The van der Waals surface area contributed by atoms with Gasteiger partial charge in [0.2, 0.25) is 0 Å². The van der Waals surface area contributed by atoms with Crippen LogP contribution in [-0.2, 0) is 0 Å². The van der Waals surface area contributed by atoms with Gasteiger partial charge in [-0.25, -0.2) is 4.39 Å². The van der Waals surface area contributed by atoms with Crippen LogP contribution >= 0.6 is 23.2 Å². The molecule has 1 aromatic carbocycles. The Kier molecular flexibility index (Phi) is 4.13. The lowest BCUT2D eigenvalue weighted by atomic mass is 10.1. The Bertz CT molecular complexity index is 578. The minimum atomic E-state index is -1.26. The maximum Gasteiger partial charge on any atom is 0.130 e. The molecule has 1 unspecified atom stereocenters. The molecule has 1 atom stereocenters. The molecule has 0 saturated heterocycles. The SMILES string of the molecule is CC(C)n1ncc(Cl)c1C(O)c1c(F)cccc1Cl. The quantitative estimate of drug-likeness (QED) is 0.931. The number of nitrogens with zero attached hydrogens (tertiary/aromatic N) is 2. The van der Waals surface area contributed by atoms with E-state index in [1.165, 1.54) is 24.4 Å². The first-order valence-corrected chi connectivity index (χ1v) is 6.54. The van der Waals surface area contributed by atoms with Gasteiger partial charge in [-0.2, -0.15) is 5.10 Å². The summed E-state index contributed by atoms with van der Waals surface area (Å²) in [6, 6.07) is 4.24. The molecule has 0 fully saturated rings. The summed E-state index contributed by atoms with van der Waals surface area (Å²) < 4.78 is 15.4. The molecule has 6 heteroatoms. The van der Waals surface area contributed by atoms with Crippen molar-refractivity contribution in [1.82, 2.24) is 9.78 Å². The number of benzene rings is 1. The molecule has 19 heavy (non-hydrogen) atoms. The third-order valence-electron chi connectivity index (χ3n) is 2.81. The second kappa shape index (κ2) is 5.49. The Morgan fingerprint density at radius 3 is 2.53 bits per heavy atom. The fourth-order valence-electron chi connectivity index (χ4n) is 1.93. The molecule has 0 bridgehead atoms. The van der Waals surface area contributed by atoms with Crippen LogP contribution < -0.4 is 0 Å². The molecule has 0 aliphatic rings. The average Bonchev–Trinajstić information content (AvgIpc) is 2.70. The van der Waals surface area contributed by atoms with Crippen molar-refractivity contribution in [3.05, 3.63) is 51.5 Å². The predicted molar refractivity (Wildman–Crippen MR) is 73.1 cm³/mol. The fraction of sp³-hybridized carbons (Fsp3) is 0.308. The highest BCUT2D eigenvalue weighted by Gasteiger charge is 2.25. The van der Waals surface area contributed by atoms with E-state index in [2.05, 4.69) is 5.10 Å². The maximum absolute atomic E-state index is 13.8. The molecule has 0 aliphatic heterocycles. The Morgan fingerprint density at radius 1 is 1.26 bits per heavy atom. The third-order valence-corrected chi connectivity index (χ3v) is 3.43. The molecule has 0 saturated carbocycles. The standard InChI is InChI=1S/C13H13Cl2FN2O/c1-7(2)18-12(9(15)6-17-18)13(19)11-8(14)4-3-5-10(11)16/h3-7,13,19H,1-2H3. The largest absolute Gasteiger partial charge is 0.382 e. The lowest BCUT2D eigenvalue weighted by molar-refractivity contribution is 0.200. The number of aliphatic hydroxyl groups is 1. The minimum absolute atomic E-state index is 0.00784. The van der Waals surface area contributed by atoms with Gasteiger partial charge in [0.05, 0.1) is 16.9 Å². The Hall–Kier alpha value is -1.10. The molecule has 0 amide bonds. The number of aromatic nitrogens is 2. The number of rotatable bonds is 3. The number of hydrogen-bond donors (Lipinski definition) is 1. The van der Waals surface area contributed by atoms with Crippen LogP contribution in [0.1, 0.15) is 37.3 Å². The predicted octanol–water partition coefficient (Wildman–Crippen LogP) is 3.99. The molecule has 2 rings (SSSR count). The zero-order chi connectivity index (χ0) is 14.2. The van der Waals surface area contributed by atoms with Crippen LogP contribution in [0.4, 0.5) is 4.39 Å². The number of hydrogen-bond acceptors (Lipinski definition) is 2. The van der Waals surface area contributed by atoms with E-state index in [9.17, 15) is 9.50 Å². The van der Waals surface area contributed by atoms with E-state index in [-0.39, 0.29) is 21.7 Å². The molecule has 2 aromatic rings. The normalized spacial score (nSPS) is 13.0. The topological polar surface area (TPSA) is 38.0 Å². The second-order valence-corrected chi connectivity index (χ2v) is 5.27. The molecule has 1 aromatic heterocycles. The molecular weight excluding hydrogens is 290 g/mol. The summed E-state index contributed by atoms with van der Waals surface area (Å²) in [7, 11) is 0. The van der Waals surface area contributed by atoms with Gasteiger partial charge in [0.15, 0.2) is 0 Å². The van der Waals surface area contributed by atoms with Gasteiger partial charge in [-0.05, 0) is 26.0 Å². The van der Waals surface area contributed by atoms with E-state index in [4.69, 9.17) is 23.2 Å². The monoisotopic (exact) mass is 302 g/mol. The highest BCUT2D eigenvalue weighted by atomic mass is 35.5. The van der Waals surface area contributed by atoms with Crippen LogP contribution in [0.25, 0.3) is 0 Å². The third kappa shape index (κ3) is 2.61. The smallest absolute Gasteiger partial charge is 0.130 e. The van der Waals surface area contributed by atoms with Crippen molar-refractivity contribution in [2.45, 2.75) is 26.0 Å². The van der Waals surface area contributed by atoms with E-state index in [0.29, 0.717) is 5.69 Å². The summed E-state index contributed by atoms with van der Waals surface area (Å²) in [4.78, 5) is 0. The first-order chi connectivity index (χ1) is 8.93. The molecule has 0 radical (unpaired) electrons. The number of aliphatic hydroxyl groups excluding tert-OH is 1. The van der Waals surface area contributed by atoms with Crippen molar-refractivity contribution >= 4 is 23.2 Å². The fourth-order valence-corrected chi connectivity index (χ4v) is 2.43. The Balaban J connectivity index is 2.56. The van der Waals surface area contributed by atoms with Gasteiger partial charge in [-0.3, -0.25) is 4.68 Å². The zero-order valence-electron chi connectivity index (χ0n) is 10.4. The van der Waals surface area contributed by atoms with Gasteiger partial charge < -0.3 is 5.11 Å². The van der Waals surface area contributed by atoms with E-state index >= 15 is 0 Å². The molecule has 1 heterocycles. The lowest BCUT2D eigenvalue weighted by Gasteiger charge is -2.18. The van der Waals surface area contributed by atoms with Crippen molar-refractivity contribution < 1.29 is 9.50 Å². The van der Waals surface area contributed by atoms with Crippen molar-refractivity contribution in [1.29, 1.82) is 0 Å². The van der Waals surface area contributed by atoms with Gasteiger partial charge in [0, 0.05) is 16.6 Å². The summed E-state index contributed by atoms with van der Waals surface area (Å²) in [6.45, 7) is 3.78.